The zero-order valence-electron chi connectivity index (χ0n) is 15.6. The van der Waals surface area contributed by atoms with Gasteiger partial charge in [0.05, 0.1) is 11.1 Å². The minimum atomic E-state index is -0.899. The van der Waals surface area contributed by atoms with E-state index in [2.05, 4.69) is 52.2 Å². The van der Waals surface area contributed by atoms with E-state index in [0.29, 0.717) is 24.4 Å². The van der Waals surface area contributed by atoms with Gasteiger partial charge in [0.1, 0.15) is 0 Å². The second kappa shape index (κ2) is 6.60. The van der Waals surface area contributed by atoms with Crippen molar-refractivity contribution >= 4 is 16.9 Å². The van der Waals surface area contributed by atoms with Crippen LogP contribution < -0.4 is 0 Å². The molecular weight excluding hydrogens is 302 g/mol. The number of aryl methyl sites for hydroxylation is 1. The summed E-state index contributed by atoms with van der Waals surface area (Å²) in [5, 5.41) is 20.0. The van der Waals surface area contributed by atoms with E-state index in [1.165, 1.54) is 5.56 Å². The fourth-order valence-corrected chi connectivity index (χ4v) is 3.47. The van der Waals surface area contributed by atoms with Gasteiger partial charge in [-0.3, -0.25) is 0 Å². The van der Waals surface area contributed by atoms with Crippen molar-refractivity contribution < 1.29 is 15.0 Å². The van der Waals surface area contributed by atoms with Crippen LogP contribution in [-0.4, -0.2) is 27.4 Å². The van der Waals surface area contributed by atoms with Crippen LogP contribution in [0, 0.1) is 6.92 Å². The highest BCUT2D eigenvalue weighted by molar-refractivity contribution is 6.04. The lowest BCUT2D eigenvalue weighted by atomic mass is 9.84. The molecule has 2 rings (SSSR count). The van der Waals surface area contributed by atoms with Crippen LogP contribution in [-0.2, 0) is 12.0 Å². The van der Waals surface area contributed by atoms with Crippen molar-refractivity contribution in [1.29, 1.82) is 0 Å². The Hall–Kier alpha value is -1.81. The number of aliphatic hydroxyl groups excluding tert-OH is 1. The van der Waals surface area contributed by atoms with Crippen LogP contribution in [0.1, 0.15) is 74.1 Å². The van der Waals surface area contributed by atoms with Gasteiger partial charge in [-0.2, -0.15) is 0 Å². The second-order valence-electron chi connectivity index (χ2n) is 7.86. The molecule has 0 bridgehead atoms. The molecule has 0 amide bonds. The van der Waals surface area contributed by atoms with E-state index in [-0.39, 0.29) is 12.0 Å². The highest BCUT2D eigenvalue weighted by Crippen LogP contribution is 2.37. The summed E-state index contributed by atoms with van der Waals surface area (Å²) in [7, 11) is 0. The van der Waals surface area contributed by atoms with Gasteiger partial charge in [0.15, 0.2) is 0 Å². The highest BCUT2D eigenvalue weighted by Gasteiger charge is 2.25. The van der Waals surface area contributed by atoms with Gasteiger partial charge in [-0.05, 0) is 47.9 Å². The largest absolute Gasteiger partial charge is 0.478 e. The molecule has 0 aliphatic heterocycles. The number of hydrogen-bond acceptors (Lipinski definition) is 2. The van der Waals surface area contributed by atoms with Crippen LogP contribution in [0.3, 0.4) is 0 Å². The number of aliphatic hydroxyl groups is 1. The van der Waals surface area contributed by atoms with Gasteiger partial charge in [-0.1, -0.05) is 34.6 Å². The molecule has 4 heteroatoms. The van der Waals surface area contributed by atoms with Crippen molar-refractivity contribution in [3.63, 3.8) is 0 Å². The quantitative estimate of drug-likeness (QED) is 0.851. The number of carbonyl (C=O) groups is 1. The van der Waals surface area contributed by atoms with Gasteiger partial charge < -0.3 is 14.8 Å². The molecule has 0 unspecified atom stereocenters. The molecule has 0 aliphatic rings. The van der Waals surface area contributed by atoms with E-state index in [4.69, 9.17) is 0 Å². The molecule has 4 nitrogen and oxygen atoms in total. The highest BCUT2D eigenvalue weighted by atomic mass is 16.4. The van der Waals surface area contributed by atoms with Crippen molar-refractivity contribution in [3.8, 4) is 0 Å². The van der Waals surface area contributed by atoms with Crippen LogP contribution in [0.15, 0.2) is 12.1 Å². The zero-order valence-corrected chi connectivity index (χ0v) is 15.6. The summed E-state index contributed by atoms with van der Waals surface area (Å²) in [6, 6.07) is 3.96. The SMILES string of the molecule is Cc1c(C(C)C)c2cc(C(C)(C)C)cc(C(=O)O)c2n1CCCO. The fraction of sp³-hybridized carbons (Fsp3) is 0.550. The molecule has 0 fully saturated rings. The Morgan fingerprint density at radius 2 is 1.88 bits per heavy atom. The summed E-state index contributed by atoms with van der Waals surface area (Å²) in [6.07, 6.45) is 0.613. The lowest BCUT2D eigenvalue weighted by molar-refractivity contribution is 0.0698. The number of rotatable bonds is 5. The number of fused-ring (bicyclic) bond motifs is 1. The third kappa shape index (κ3) is 3.20. The van der Waals surface area contributed by atoms with E-state index >= 15 is 0 Å². The summed E-state index contributed by atoms with van der Waals surface area (Å²) >= 11 is 0. The van der Waals surface area contributed by atoms with Gasteiger partial charge in [-0.15, -0.1) is 0 Å². The first kappa shape index (κ1) is 18.5. The molecule has 24 heavy (non-hydrogen) atoms. The second-order valence-corrected chi connectivity index (χ2v) is 7.86. The number of aromatic nitrogens is 1. The fourth-order valence-electron chi connectivity index (χ4n) is 3.47. The zero-order chi connectivity index (χ0) is 18.2. The number of carboxylic acids is 1. The number of nitrogens with zero attached hydrogens (tertiary/aromatic N) is 1. The molecule has 0 aliphatic carbocycles. The molecule has 1 aromatic carbocycles. The first-order valence-electron chi connectivity index (χ1n) is 8.61. The van der Waals surface area contributed by atoms with Crippen LogP contribution in [0.5, 0.6) is 0 Å². The predicted molar refractivity (Wildman–Crippen MR) is 98.1 cm³/mol. The van der Waals surface area contributed by atoms with Crippen LogP contribution in [0.2, 0.25) is 0 Å². The molecule has 2 aromatic rings. The van der Waals surface area contributed by atoms with Crippen molar-refractivity contribution in [2.24, 2.45) is 0 Å². The summed E-state index contributed by atoms with van der Waals surface area (Å²) in [4.78, 5) is 11.9. The average Bonchev–Trinajstić information content (AvgIpc) is 2.74. The normalized spacial score (nSPS) is 12.3. The van der Waals surface area contributed by atoms with Crippen molar-refractivity contribution in [2.45, 2.75) is 65.8 Å². The molecule has 0 spiro atoms. The van der Waals surface area contributed by atoms with Crippen molar-refractivity contribution in [2.75, 3.05) is 6.61 Å². The number of hydrogen-bond donors (Lipinski definition) is 2. The first-order valence-corrected chi connectivity index (χ1v) is 8.61. The molecule has 2 N–H and O–H groups in total. The topological polar surface area (TPSA) is 62.5 Å². The van der Waals surface area contributed by atoms with E-state index < -0.39 is 5.97 Å². The monoisotopic (exact) mass is 331 g/mol. The van der Waals surface area contributed by atoms with E-state index in [9.17, 15) is 15.0 Å². The van der Waals surface area contributed by atoms with Gasteiger partial charge in [-0.25, -0.2) is 4.79 Å². The molecule has 0 saturated carbocycles. The Morgan fingerprint density at radius 1 is 1.25 bits per heavy atom. The summed E-state index contributed by atoms with van der Waals surface area (Å²) in [6.45, 7) is 13.4. The van der Waals surface area contributed by atoms with Gasteiger partial charge in [0.2, 0.25) is 0 Å². The average molecular weight is 331 g/mol. The Kier molecular flexibility index (Phi) is 5.09. The third-order valence-corrected chi connectivity index (χ3v) is 4.68. The first-order chi connectivity index (χ1) is 11.1. The number of aromatic carboxylic acids is 1. The minimum absolute atomic E-state index is 0.0958. The smallest absolute Gasteiger partial charge is 0.337 e. The Morgan fingerprint density at radius 3 is 2.33 bits per heavy atom. The van der Waals surface area contributed by atoms with Crippen LogP contribution >= 0.6 is 0 Å². The molecule has 0 radical (unpaired) electrons. The predicted octanol–water partition coefficient (Wildman–Crippen LogP) is 4.45. The maximum atomic E-state index is 11.9. The molecule has 0 saturated heterocycles. The molecule has 0 atom stereocenters. The van der Waals surface area contributed by atoms with Crippen molar-refractivity contribution in [1.82, 2.24) is 4.57 Å². The maximum absolute atomic E-state index is 11.9. The number of carboxylic acid groups (broad SMARTS) is 1. The standard InChI is InChI=1S/C20H29NO3/c1-12(2)17-13(3)21(8-7-9-22)18-15(17)10-14(20(4,5)6)11-16(18)19(23)24/h10-12,22H,7-9H2,1-6H3,(H,23,24). The lowest BCUT2D eigenvalue weighted by Crippen LogP contribution is -2.13. The van der Waals surface area contributed by atoms with Gasteiger partial charge in [0.25, 0.3) is 0 Å². The molecular formula is C20H29NO3. The Labute approximate surface area is 144 Å². The molecule has 1 aromatic heterocycles. The minimum Gasteiger partial charge on any atom is -0.478 e. The molecule has 132 valence electrons. The van der Waals surface area contributed by atoms with Crippen LogP contribution in [0.4, 0.5) is 0 Å². The van der Waals surface area contributed by atoms with Gasteiger partial charge in [0, 0.05) is 24.2 Å². The third-order valence-electron chi connectivity index (χ3n) is 4.68. The lowest BCUT2D eigenvalue weighted by Gasteiger charge is -2.21. The summed E-state index contributed by atoms with van der Waals surface area (Å²) in [5.41, 5.74) is 4.36. The van der Waals surface area contributed by atoms with Crippen LogP contribution in [0.25, 0.3) is 10.9 Å². The van der Waals surface area contributed by atoms with Gasteiger partial charge >= 0.3 is 5.97 Å². The van der Waals surface area contributed by atoms with Crippen molar-refractivity contribution in [3.05, 3.63) is 34.5 Å². The summed E-state index contributed by atoms with van der Waals surface area (Å²) < 4.78 is 2.07. The molecule has 1 heterocycles. The van der Waals surface area contributed by atoms with E-state index in [1.807, 2.05) is 6.07 Å². The Bertz CT molecular complexity index is 764. The van der Waals surface area contributed by atoms with E-state index in [0.717, 1.165) is 22.2 Å². The summed E-state index contributed by atoms with van der Waals surface area (Å²) in [5.74, 6) is -0.594. The number of benzene rings is 1. The Balaban J connectivity index is 2.93. The maximum Gasteiger partial charge on any atom is 0.337 e. The van der Waals surface area contributed by atoms with E-state index in [1.54, 1.807) is 0 Å².